The summed E-state index contributed by atoms with van der Waals surface area (Å²) >= 11 is 1.90. The smallest absolute Gasteiger partial charge is 0.0619 e. The van der Waals surface area contributed by atoms with Gasteiger partial charge in [0.15, 0.2) is 0 Å². The van der Waals surface area contributed by atoms with Crippen molar-refractivity contribution in [3.63, 3.8) is 0 Å². The van der Waals surface area contributed by atoms with Crippen LogP contribution in [0, 0.1) is 6.92 Å². The normalized spacial score (nSPS) is 11.0. The molecule has 0 spiro atoms. The van der Waals surface area contributed by atoms with Gasteiger partial charge in [-0.1, -0.05) is 146 Å². The third kappa shape index (κ3) is 6.14. The summed E-state index contributed by atoms with van der Waals surface area (Å²) in [5.41, 5.74) is 20.5. The molecule has 3 nitrogen and oxygen atoms in total. The molecule has 2 heterocycles. The third-order valence-electron chi connectivity index (χ3n) is 9.03. The highest BCUT2D eigenvalue weighted by Crippen LogP contribution is 2.41. The number of hydrogen-bond acceptors (Lipinski definition) is 3. The quantitative estimate of drug-likeness (QED) is 0.199. The fourth-order valence-electron chi connectivity index (χ4n) is 6.72. The largest absolute Gasteiger partial charge is 0.333 e. The number of fused-ring (bicyclic) bond motifs is 6. The summed E-state index contributed by atoms with van der Waals surface area (Å²) < 4.78 is 5.15. The molecule has 0 unspecified atom stereocenters. The summed E-state index contributed by atoms with van der Waals surface area (Å²) in [6.45, 7) is 2.21. The molecule has 240 valence electrons. The van der Waals surface area contributed by atoms with E-state index >= 15 is 0 Å². The maximum atomic E-state index is 6.12. The van der Waals surface area contributed by atoms with Crippen molar-refractivity contribution in [3.05, 3.63) is 187 Å². The van der Waals surface area contributed by atoms with Crippen molar-refractivity contribution in [1.29, 1.82) is 0 Å². The Kier molecular flexibility index (Phi) is 9.36. The van der Waals surface area contributed by atoms with Crippen molar-refractivity contribution < 1.29 is 0 Å². The topological polar surface area (TPSA) is 57.0 Å². The zero-order chi connectivity index (χ0) is 33.7. The number of nitrogens with zero attached hydrogens (tertiary/aromatic N) is 1. The summed E-state index contributed by atoms with van der Waals surface area (Å²) in [5.74, 6) is 0. The van der Waals surface area contributed by atoms with Gasteiger partial charge in [0.1, 0.15) is 0 Å². The maximum absolute atomic E-state index is 6.12. The van der Waals surface area contributed by atoms with E-state index in [-0.39, 0.29) is 6.04 Å². The molecule has 0 aliphatic heterocycles. The predicted octanol–water partition coefficient (Wildman–Crippen LogP) is 11.4. The van der Waals surface area contributed by atoms with Crippen LogP contribution < -0.4 is 11.5 Å². The second-order valence-electron chi connectivity index (χ2n) is 12.0. The first-order valence-electron chi connectivity index (χ1n) is 16.6. The lowest BCUT2D eigenvalue weighted by Gasteiger charge is -2.11. The van der Waals surface area contributed by atoms with E-state index in [1.165, 1.54) is 71.4 Å². The molecule has 0 fully saturated rings. The van der Waals surface area contributed by atoms with E-state index in [1.54, 1.807) is 0 Å². The van der Waals surface area contributed by atoms with Crippen molar-refractivity contribution in [2.75, 3.05) is 7.05 Å². The molecule has 4 N–H and O–H groups in total. The average Bonchev–Trinajstić information content (AvgIpc) is 3.73. The van der Waals surface area contributed by atoms with Gasteiger partial charge in [0.25, 0.3) is 0 Å². The minimum absolute atomic E-state index is 0.0163. The van der Waals surface area contributed by atoms with Gasteiger partial charge in [0, 0.05) is 42.2 Å². The second kappa shape index (κ2) is 14.3. The maximum Gasteiger partial charge on any atom is 0.0619 e. The lowest BCUT2D eigenvalue weighted by atomic mass is 10.00. The van der Waals surface area contributed by atoms with Crippen LogP contribution in [0.4, 0.5) is 0 Å². The van der Waals surface area contributed by atoms with Crippen LogP contribution in [-0.4, -0.2) is 11.6 Å². The molecule has 49 heavy (non-hydrogen) atoms. The van der Waals surface area contributed by atoms with E-state index < -0.39 is 0 Å². The predicted molar refractivity (Wildman–Crippen MR) is 213 cm³/mol. The molecule has 0 saturated heterocycles. The average molecular weight is 654 g/mol. The molecule has 0 saturated carbocycles. The summed E-state index contributed by atoms with van der Waals surface area (Å²) in [5, 5.41) is 5.28. The van der Waals surface area contributed by atoms with E-state index in [1.807, 2.05) is 47.7 Å². The molecular weight excluding hydrogens is 615 g/mol. The van der Waals surface area contributed by atoms with Crippen LogP contribution in [0.15, 0.2) is 170 Å². The molecule has 4 heteroatoms. The number of benzene rings is 7. The van der Waals surface area contributed by atoms with Gasteiger partial charge in [-0.2, -0.15) is 0 Å². The van der Waals surface area contributed by atoms with Gasteiger partial charge in [0.05, 0.1) is 17.1 Å². The van der Waals surface area contributed by atoms with Crippen LogP contribution in [-0.2, 0) is 0 Å². The molecule has 9 aromatic rings. The molecule has 7 aromatic carbocycles. The van der Waals surface area contributed by atoms with Gasteiger partial charge in [-0.3, -0.25) is 0 Å². The van der Waals surface area contributed by atoms with Crippen molar-refractivity contribution in [1.82, 2.24) is 4.57 Å². The number of hydrogen-bond donors (Lipinski definition) is 2. The second-order valence-corrected chi connectivity index (χ2v) is 13.0. The minimum atomic E-state index is -0.0163. The van der Waals surface area contributed by atoms with Gasteiger partial charge in [-0.25, -0.2) is 0 Å². The summed E-state index contributed by atoms with van der Waals surface area (Å²) in [4.78, 5) is 0. The Hall–Kier alpha value is -5.52. The van der Waals surface area contributed by atoms with Gasteiger partial charge >= 0.3 is 0 Å². The molecule has 9 rings (SSSR count). The number of aromatic nitrogens is 1. The Morgan fingerprint density at radius 1 is 0.531 bits per heavy atom. The highest BCUT2D eigenvalue weighted by Gasteiger charge is 2.17. The van der Waals surface area contributed by atoms with Crippen LogP contribution in [0.2, 0.25) is 0 Å². The molecule has 2 aromatic heterocycles. The summed E-state index contributed by atoms with van der Waals surface area (Å²) in [6.07, 6.45) is 0. The first-order chi connectivity index (χ1) is 24.2. The third-order valence-corrected chi connectivity index (χ3v) is 10.3. The van der Waals surface area contributed by atoms with Crippen LogP contribution in [0.25, 0.3) is 58.8 Å². The SMILES string of the molecule is CN.Cc1cccc2c1sc1cc(-c3cccc4c5ccccc5n(-c5ccccc5)c34)ccc12.NC(c1ccccc1)c1ccccc1. The number of aryl methyl sites for hydroxylation is 1. The van der Waals surface area contributed by atoms with Gasteiger partial charge in [-0.05, 0) is 60.5 Å². The highest BCUT2D eigenvalue weighted by atomic mass is 32.1. The number of nitrogens with two attached hydrogens (primary N) is 2. The Morgan fingerprint density at radius 2 is 1.10 bits per heavy atom. The summed E-state index contributed by atoms with van der Waals surface area (Å²) in [6, 6.07) is 60.0. The van der Waals surface area contributed by atoms with E-state index in [9.17, 15) is 0 Å². The van der Waals surface area contributed by atoms with Gasteiger partial charge < -0.3 is 16.0 Å². The Morgan fingerprint density at radius 3 is 1.80 bits per heavy atom. The minimum Gasteiger partial charge on any atom is -0.333 e. The lowest BCUT2D eigenvalue weighted by molar-refractivity contribution is 0.871. The molecule has 0 atom stereocenters. The first-order valence-corrected chi connectivity index (χ1v) is 17.4. The molecule has 0 amide bonds. The number of thiophene rings is 1. The lowest BCUT2D eigenvalue weighted by Crippen LogP contribution is -2.11. The Labute approximate surface area is 291 Å². The van der Waals surface area contributed by atoms with Crippen LogP contribution in [0.3, 0.4) is 0 Å². The molecule has 0 radical (unpaired) electrons. The fraction of sp³-hybridized carbons (Fsp3) is 0.0667. The van der Waals surface area contributed by atoms with E-state index in [2.05, 4.69) is 151 Å². The number of para-hydroxylation sites is 3. The van der Waals surface area contributed by atoms with Crippen LogP contribution in [0.5, 0.6) is 0 Å². The van der Waals surface area contributed by atoms with Crippen molar-refractivity contribution in [2.24, 2.45) is 11.5 Å². The zero-order valence-corrected chi connectivity index (χ0v) is 28.6. The molecular formula is C45H39N3S. The highest BCUT2D eigenvalue weighted by molar-refractivity contribution is 7.26. The number of rotatable bonds is 4. The van der Waals surface area contributed by atoms with E-state index in [0.29, 0.717) is 0 Å². The molecule has 0 aliphatic carbocycles. The Balaban J connectivity index is 0.000000199. The fourth-order valence-corrected chi connectivity index (χ4v) is 7.93. The molecule has 0 bridgehead atoms. The van der Waals surface area contributed by atoms with Crippen LogP contribution >= 0.6 is 11.3 Å². The van der Waals surface area contributed by atoms with E-state index in [0.717, 1.165) is 11.1 Å². The first kappa shape index (κ1) is 32.0. The van der Waals surface area contributed by atoms with Gasteiger partial charge in [0.2, 0.25) is 0 Å². The van der Waals surface area contributed by atoms with E-state index in [4.69, 9.17) is 5.73 Å². The van der Waals surface area contributed by atoms with Crippen molar-refractivity contribution in [3.8, 4) is 16.8 Å². The van der Waals surface area contributed by atoms with Crippen LogP contribution in [0.1, 0.15) is 22.7 Å². The van der Waals surface area contributed by atoms with Crippen molar-refractivity contribution in [2.45, 2.75) is 13.0 Å². The zero-order valence-electron chi connectivity index (χ0n) is 27.8. The van der Waals surface area contributed by atoms with Gasteiger partial charge in [-0.15, -0.1) is 11.3 Å². The summed E-state index contributed by atoms with van der Waals surface area (Å²) in [7, 11) is 1.50. The monoisotopic (exact) mass is 653 g/mol. The standard InChI is InChI=1S/C31H21NS.C13H13N.CH5N/c1-20-9-7-15-27-25-18-17-21(19-29(25)33-31(20)27)23-13-8-14-26-24-12-5-6-16-28(24)32(30(23)26)22-10-3-2-4-11-22;14-13(11-7-3-1-4-8-11)12-9-5-2-6-10-12;1-2/h2-19H,1H3;1-10,13H,14H2;2H2,1H3. The van der Waals surface area contributed by atoms with Crippen molar-refractivity contribution >= 4 is 53.3 Å². The Bertz CT molecular complexity index is 2440. The molecule has 0 aliphatic rings.